The number of rotatable bonds is 6. The number of aromatic nitrogens is 2. The Labute approximate surface area is 146 Å². The molecule has 1 aromatic heterocycles. The third-order valence-electron chi connectivity index (χ3n) is 4.67. The zero-order chi connectivity index (χ0) is 16.9. The molecule has 1 N–H and O–H groups in total. The quantitative estimate of drug-likeness (QED) is 0.791. The third kappa shape index (κ3) is 3.85. The summed E-state index contributed by atoms with van der Waals surface area (Å²) in [5.74, 6) is 0.425. The van der Waals surface area contributed by atoms with Crippen LogP contribution in [0.4, 0.5) is 10.3 Å². The fourth-order valence-electron chi connectivity index (χ4n) is 3.16. The zero-order valence-electron chi connectivity index (χ0n) is 14.2. The molecule has 0 unspecified atom stereocenters. The SMILES string of the molecule is CCCCNC(=O)C1CCN(c2nnc(N3CCCC3=O)s2)CC1. The van der Waals surface area contributed by atoms with E-state index in [1.54, 1.807) is 4.90 Å². The molecule has 2 aliphatic heterocycles. The summed E-state index contributed by atoms with van der Waals surface area (Å²) in [4.78, 5) is 27.8. The second-order valence-corrected chi connectivity index (χ2v) is 7.36. The molecule has 7 nitrogen and oxygen atoms in total. The Bertz CT molecular complexity index is 583. The highest BCUT2D eigenvalue weighted by Gasteiger charge is 2.29. The number of unbranched alkanes of at least 4 members (excludes halogenated alkanes) is 1. The molecule has 24 heavy (non-hydrogen) atoms. The predicted octanol–water partition coefficient (Wildman–Crippen LogP) is 1.80. The maximum atomic E-state index is 12.1. The summed E-state index contributed by atoms with van der Waals surface area (Å²) < 4.78 is 0. The van der Waals surface area contributed by atoms with E-state index in [4.69, 9.17) is 0 Å². The molecule has 0 saturated carbocycles. The second kappa shape index (κ2) is 7.92. The van der Waals surface area contributed by atoms with E-state index < -0.39 is 0 Å². The number of hydrogen-bond acceptors (Lipinski definition) is 6. The monoisotopic (exact) mass is 351 g/mol. The summed E-state index contributed by atoms with van der Waals surface area (Å²) in [6.07, 6.45) is 5.32. The van der Waals surface area contributed by atoms with Gasteiger partial charge in [-0.25, -0.2) is 0 Å². The normalized spacial score (nSPS) is 19.1. The van der Waals surface area contributed by atoms with Crippen molar-refractivity contribution in [1.29, 1.82) is 0 Å². The van der Waals surface area contributed by atoms with Crippen LogP contribution in [0.2, 0.25) is 0 Å². The molecule has 0 radical (unpaired) electrons. The van der Waals surface area contributed by atoms with Crippen LogP contribution >= 0.6 is 11.3 Å². The highest BCUT2D eigenvalue weighted by Crippen LogP contribution is 2.32. The summed E-state index contributed by atoms with van der Waals surface area (Å²) in [6.45, 7) is 5.27. The predicted molar refractivity (Wildman–Crippen MR) is 94.4 cm³/mol. The van der Waals surface area contributed by atoms with E-state index >= 15 is 0 Å². The number of carbonyl (C=O) groups excluding carboxylic acids is 2. The van der Waals surface area contributed by atoms with E-state index in [1.165, 1.54) is 11.3 Å². The van der Waals surface area contributed by atoms with E-state index in [2.05, 4.69) is 27.3 Å². The van der Waals surface area contributed by atoms with Gasteiger partial charge in [0.15, 0.2) is 0 Å². The molecular formula is C16H25N5O2S. The molecule has 2 aliphatic rings. The van der Waals surface area contributed by atoms with Crippen LogP contribution in [0.25, 0.3) is 0 Å². The van der Waals surface area contributed by atoms with Crippen molar-refractivity contribution in [1.82, 2.24) is 15.5 Å². The Morgan fingerprint density at radius 2 is 2.00 bits per heavy atom. The van der Waals surface area contributed by atoms with E-state index in [0.29, 0.717) is 11.6 Å². The lowest BCUT2D eigenvalue weighted by Gasteiger charge is -2.30. The molecule has 3 heterocycles. The van der Waals surface area contributed by atoms with E-state index in [1.807, 2.05) is 0 Å². The number of anilines is 2. The van der Waals surface area contributed by atoms with Crippen molar-refractivity contribution in [3.05, 3.63) is 0 Å². The molecule has 0 spiro atoms. The van der Waals surface area contributed by atoms with Crippen LogP contribution in [-0.4, -0.2) is 48.2 Å². The molecule has 1 aromatic rings. The summed E-state index contributed by atoms with van der Waals surface area (Å²) >= 11 is 1.48. The fraction of sp³-hybridized carbons (Fsp3) is 0.750. The zero-order valence-corrected chi connectivity index (χ0v) is 15.0. The van der Waals surface area contributed by atoms with Crippen molar-refractivity contribution >= 4 is 33.4 Å². The van der Waals surface area contributed by atoms with Crippen LogP contribution in [0, 0.1) is 5.92 Å². The fourth-order valence-corrected chi connectivity index (χ4v) is 4.10. The minimum atomic E-state index is 0.102. The van der Waals surface area contributed by atoms with Gasteiger partial charge in [-0.05, 0) is 25.7 Å². The van der Waals surface area contributed by atoms with Gasteiger partial charge in [0.25, 0.3) is 0 Å². The number of nitrogens with one attached hydrogen (secondary N) is 1. The lowest BCUT2D eigenvalue weighted by molar-refractivity contribution is -0.125. The first kappa shape index (κ1) is 17.1. The molecule has 8 heteroatoms. The first-order chi connectivity index (χ1) is 11.7. The van der Waals surface area contributed by atoms with Gasteiger partial charge in [0.05, 0.1) is 0 Å². The molecule has 3 rings (SSSR count). The average Bonchev–Trinajstić information content (AvgIpc) is 3.24. The highest BCUT2D eigenvalue weighted by atomic mass is 32.1. The number of nitrogens with zero attached hydrogens (tertiary/aromatic N) is 4. The molecule has 0 bridgehead atoms. The maximum absolute atomic E-state index is 12.1. The lowest BCUT2D eigenvalue weighted by Crippen LogP contribution is -2.40. The minimum Gasteiger partial charge on any atom is -0.356 e. The van der Waals surface area contributed by atoms with E-state index in [9.17, 15) is 9.59 Å². The van der Waals surface area contributed by atoms with Gasteiger partial charge < -0.3 is 10.2 Å². The second-order valence-electron chi connectivity index (χ2n) is 6.42. The maximum Gasteiger partial charge on any atom is 0.228 e. The molecular weight excluding hydrogens is 326 g/mol. The van der Waals surface area contributed by atoms with Crippen molar-refractivity contribution in [2.75, 3.05) is 36.0 Å². The van der Waals surface area contributed by atoms with E-state index in [0.717, 1.165) is 63.4 Å². The molecule has 0 aromatic carbocycles. The molecule has 0 atom stereocenters. The van der Waals surface area contributed by atoms with Crippen molar-refractivity contribution in [2.45, 2.75) is 45.4 Å². The first-order valence-corrected chi connectivity index (χ1v) is 9.67. The van der Waals surface area contributed by atoms with Crippen LogP contribution in [0.1, 0.15) is 45.4 Å². The lowest BCUT2D eigenvalue weighted by atomic mass is 9.96. The largest absolute Gasteiger partial charge is 0.356 e. The van der Waals surface area contributed by atoms with Crippen molar-refractivity contribution < 1.29 is 9.59 Å². The number of amides is 2. The number of hydrogen-bond donors (Lipinski definition) is 1. The average molecular weight is 351 g/mol. The van der Waals surface area contributed by atoms with Gasteiger partial charge in [-0.15, -0.1) is 10.2 Å². The topological polar surface area (TPSA) is 78.4 Å². The minimum absolute atomic E-state index is 0.102. The molecule has 0 aliphatic carbocycles. The summed E-state index contributed by atoms with van der Waals surface area (Å²) in [7, 11) is 0. The van der Waals surface area contributed by atoms with Gasteiger partial charge in [-0.3, -0.25) is 14.5 Å². The van der Waals surface area contributed by atoms with Crippen molar-refractivity contribution in [2.24, 2.45) is 5.92 Å². The molecule has 2 amide bonds. The molecule has 132 valence electrons. The first-order valence-electron chi connectivity index (χ1n) is 8.85. The van der Waals surface area contributed by atoms with Crippen LogP contribution in [0.5, 0.6) is 0 Å². The molecule has 2 fully saturated rings. The highest BCUT2D eigenvalue weighted by molar-refractivity contribution is 7.19. The van der Waals surface area contributed by atoms with Crippen LogP contribution < -0.4 is 15.1 Å². The number of carbonyl (C=O) groups is 2. The summed E-state index contributed by atoms with van der Waals surface area (Å²) in [5, 5.41) is 13.0. The van der Waals surface area contributed by atoms with Crippen LogP contribution in [-0.2, 0) is 9.59 Å². The summed E-state index contributed by atoms with van der Waals surface area (Å²) in [6, 6.07) is 0. The van der Waals surface area contributed by atoms with Gasteiger partial charge in [0, 0.05) is 38.5 Å². The Balaban J connectivity index is 1.51. The smallest absolute Gasteiger partial charge is 0.228 e. The Morgan fingerprint density at radius 3 is 2.67 bits per heavy atom. The van der Waals surface area contributed by atoms with Gasteiger partial charge in [-0.2, -0.15) is 0 Å². The van der Waals surface area contributed by atoms with Gasteiger partial charge >= 0.3 is 0 Å². The van der Waals surface area contributed by atoms with Crippen molar-refractivity contribution in [3.8, 4) is 0 Å². The molecule has 2 saturated heterocycles. The Hall–Kier alpha value is -1.70. The van der Waals surface area contributed by atoms with Crippen LogP contribution in [0.3, 0.4) is 0 Å². The van der Waals surface area contributed by atoms with Gasteiger partial charge in [-0.1, -0.05) is 24.7 Å². The Kier molecular flexibility index (Phi) is 5.65. The van der Waals surface area contributed by atoms with Gasteiger partial charge in [0.2, 0.25) is 22.1 Å². The third-order valence-corrected chi connectivity index (χ3v) is 5.68. The van der Waals surface area contributed by atoms with E-state index in [-0.39, 0.29) is 17.7 Å². The van der Waals surface area contributed by atoms with Gasteiger partial charge in [0.1, 0.15) is 0 Å². The summed E-state index contributed by atoms with van der Waals surface area (Å²) in [5.41, 5.74) is 0. The number of piperidine rings is 1. The Morgan fingerprint density at radius 1 is 1.25 bits per heavy atom. The standard InChI is InChI=1S/C16H25N5O2S/c1-2-3-8-17-14(23)12-6-10-20(11-7-12)15-18-19-16(24-15)21-9-4-5-13(21)22/h12H,2-11H2,1H3,(H,17,23). The van der Waals surface area contributed by atoms with Crippen molar-refractivity contribution in [3.63, 3.8) is 0 Å². The van der Waals surface area contributed by atoms with Crippen LogP contribution in [0.15, 0.2) is 0 Å².